The minimum atomic E-state index is -5.63. The van der Waals surface area contributed by atoms with Gasteiger partial charge in [-0.25, -0.2) is 8.42 Å². The van der Waals surface area contributed by atoms with Crippen LogP contribution in [-0.2, 0) is 10.1 Å². The fourth-order valence-electron chi connectivity index (χ4n) is 1.49. The summed E-state index contributed by atoms with van der Waals surface area (Å²) in [4.78, 5) is 0. The first kappa shape index (κ1) is 22.4. The molecule has 0 radical (unpaired) electrons. The topological polar surface area (TPSA) is 57.2 Å². The summed E-state index contributed by atoms with van der Waals surface area (Å²) in [5.41, 5.74) is 0. The minimum Gasteiger partial charge on any atom is -0.743 e. The molecule has 3 nitrogen and oxygen atoms in total. The van der Waals surface area contributed by atoms with Crippen LogP contribution in [0.1, 0.15) is 51.4 Å². The Morgan fingerprint density at radius 1 is 0.750 bits per heavy atom. The van der Waals surface area contributed by atoms with Crippen molar-refractivity contribution in [3.05, 3.63) is 0 Å². The van der Waals surface area contributed by atoms with Gasteiger partial charge in [-0.2, -0.15) is 22.0 Å². The quantitative estimate of drug-likeness (QED) is 0.274. The predicted molar refractivity (Wildman–Crippen MR) is 57.6 cm³/mol. The molecule has 0 aliphatic carbocycles. The molecular formula is C10H16F5LiO3S. The van der Waals surface area contributed by atoms with E-state index in [1.54, 1.807) is 0 Å². The largest absolute Gasteiger partial charge is 1.00 e. The fraction of sp³-hybridized carbons (Fsp3) is 1.00. The van der Waals surface area contributed by atoms with Crippen LogP contribution in [0.5, 0.6) is 0 Å². The first-order valence-corrected chi connectivity index (χ1v) is 7.26. The first-order chi connectivity index (χ1) is 8.46. The van der Waals surface area contributed by atoms with E-state index in [4.69, 9.17) is 0 Å². The molecule has 0 aromatic heterocycles. The molecule has 116 valence electrons. The van der Waals surface area contributed by atoms with Crippen molar-refractivity contribution in [2.24, 2.45) is 0 Å². The van der Waals surface area contributed by atoms with E-state index >= 15 is 0 Å². The molecule has 0 saturated heterocycles. The van der Waals surface area contributed by atoms with Crippen LogP contribution in [0.4, 0.5) is 22.0 Å². The molecule has 0 aromatic rings. The summed E-state index contributed by atoms with van der Waals surface area (Å²) in [6, 6.07) is 0. The standard InChI is InChI=1S/C10H17F5O3S.Li/c11-9(12,13)7-5-3-1-2-4-6-8-10(14,15)19(16,17)18;/h1-8H2,(H,16,17,18);/q;+1/p-1. The Kier molecular flexibility index (Phi) is 10.4. The van der Waals surface area contributed by atoms with Crippen LogP contribution in [0.15, 0.2) is 0 Å². The second kappa shape index (κ2) is 9.23. The zero-order valence-electron chi connectivity index (χ0n) is 11.2. The maximum absolute atomic E-state index is 12.7. The van der Waals surface area contributed by atoms with Crippen molar-refractivity contribution in [1.82, 2.24) is 0 Å². The van der Waals surface area contributed by atoms with Crippen LogP contribution in [0, 0.1) is 0 Å². The Balaban J connectivity index is 0. The Hall–Kier alpha value is 0.157. The molecule has 0 spiro atoms. The SMILES string of the molecule is O=S(=O)([O-])C(F)(F)CCCCCCCCC(F)(F)F.[Li+]. The van der Waals surface area contributed by atoms with Gasteiger partial charge in [-0.05, 0) is 12.8 Å². The van der Waals surface area contributed by atoms with Gasteiger partial charge in [0.15, 0.2) is 10.1 Å². The Bertz CT molecular complexity index is 356. The molecule has 10 heteroatoms. The minimum absolute atomic E-state index is 0. The summed E-state index contributed by atoms with van der Waals surface area (Å²) in [6.07, 6.45) is -4.72. The summed E-state index contributed by atoms with van der Waals surface area (Å²) in [7, 11) is -5.63. The molecular weight excluding hydrogens is 302 g/mol. The van der Waals surface area contributed by atoms with Crippen LogP contribution in [-0.4, -0.2) is 24.4 Å². The smallest absolute Gasteiger partial charge is 0.743 e. The molecule has 0 bridgehead atoms. The second-order valence-electron chi connectivity index (χ2n) is 4.33. The van der Waals surface area contributed by atoms with Crippen molar-refractivity contribution in [1.29, 1.82) is 0 Å². The number of halogens is 5. The van der Waals surface area contributed by atoms with Crippen molar-refractivity contribution >= 4 is 10.1 Å². The Morgan fingerprint density at radius 3 is 1.45 bits per heavy atom. The summed E-state index contributed by atoms with van der Waals surface area (Å²) in [5.74, 6) is 0. The Labute approximate surface area is 127 Å². The number of hydrogen-bond donors (Lipinski definition) is 0. The van der Waals surface area contributed by atoms with E-state index in [0.717, 1.165) is 0 Å². The summed E-state index contributed by atoms with van der Waals surface area (Å²) >= 11 is 0. The molecule has 0 unspecified atom stereocenters. The molecule has 0 rings (SSSR count). The molecule has 0 saturated carbocycles. The number of alkyl halides is 5. The van der Waals surface area contributed by atoms with Crippen molar-refractivity contribution in [3.8, 4) is 0 Å². The average Bonchev–Trinajstić information content (AvgIpc) is 2.18. The maximum Gasteiger partial charge on any atom is 1.00 e. The van der Waals surface area contributed by atoms with Crippen LogP contribution in [0.3, 0.4) is 0 Å². The van der Waals surface area contributed by atoms with Gasteiger partial charge in [-0.1, -0.05) is 25.7 Å². The molecule has 0 aromatic carbocycles. The summed E-state index contributed by atoms with van der Waals surface area (Å²) < 4.78 is 91.0. The number of hydrogen-bond acceptors (Lipinski definition) is 3. The van der Waals surface area contributed by atoms with Gasteiger partial charge in [0.1, 0.15) is 0 Å². The maximum atomic E-state index is 12.7. The molecule has 0 aliphatic rings. The van der Waals surface area contributed by atoms with Crippen molar-refractivity contribution in [3.63, 3.8) is 0 Å². The normalized spacial score (nSPS) is 13.1. The van der Waals surface area contributed by atoms with Gasteiger partial charge in [0.05, 0.1) is 0 Å². The van der Waals surface area contributed by atoms with Gasteiger partial charge in [-0.15, -0.1) is 0 Å². The number of rotatable bonds is 9. The predicted octanol–water partition coefficient (Wildman–Crippen LogP) is 0.812. The molecule has 0 amide bonds. The van der Waals surface area contributed by atoms with Crippen LogP contribution < -0.4 is 18.9 Å². The van der Waals surface area contributed by atoms with Crippen molar-refractivity contribution in [2.45, 2.75) is 62.8 Å². The van der Waals surface area contributed by atoms with Gasteiger partial charge in [0, 0.05) is 12.8 Å². The average molecular weight is 318 g/mol. The van der Waals surface area contributed by atoms with Crippen molar-refractivity contribution < 1.29 is 53.8 Å². The van der Waals surface area contributed by atoms with E-state index in [1.165, 1.54) is 0 Å². The molecule has 0 atom stereocenters. The van der Waals surface area contributed by atoms with Crippen LogP contribution in [0.25, 0.3) is 0 Å². The summed E-state index contributed by atoms with van der Waals surface area (Å²) in [6.45, 7) is 0. The molecule has 0 heterocycles. The number of unbranched alkanes of at least 4 members (excludes halogenated alkanes) is 5. The fourth-order valence-corrected chi connectivity index (χ4v) is 1.88. The van der Waals surface area contributed by atoms with Crippen LogP contribution in [0.2, 0.25) is 0 Å². The zero-order valence-corrected chi connectivity index (χ0v) is 12.0. The van der Waals surface area contributed by atoms with E-state index in [-0.39, 0.29) is 38.1 Å². The van der Waals surface area contributed by atoms with E-state index in [0.29, 0.717) is 19.3 Å². The first-order valence-electron chi connectivity index (χ1n) is 5.86. The second-order valence-corrected chi connectivity index (χ2v) is 5.83. The third-order valence-corrected chi connectivity index (χ3v) is 3.48. The zero-order chi connectivity index (χ0) is 15.2. The summed E-state index contributed by atoms with van der Waals surface area (Å²) in [5, 5.41) is -4.26. The van der Waals surface area contributed by atoms with E-state index in [2.05, 4.69) is 0 Å². The van der Waals surface area contributed by atoms with E-state index < -0.39 is 34.4 Å². The molecule has 0 N–H and O–H groups in total. The van der Waals surface area contributed by atoms with Gasteiger partial charge in [0.25, 0.3) is 0 Å². The van der Waals surface area contributed by atoms with E-state index in [9.17, 15) is 34.9 Å². The van der Waals surface area contributed by atoms with Gasteiger partial charge in [0.2, 0.25) is 0 Å². The van der Waals surface area contributed by atoms with Gasteiger partial charge >= 0.3 is 30.3 Å². The molecule has 0 aliphatic heterocycles. The Morgan fingerprint density at radius 2 is 1.10 bits per heavy atom. The molecule has 0 fully saturated rings. The van der Waals surface area contributed by atoms with Crippen molar-refractivity contribution in [2.75, 3.05) is 0 Å². The third kappa shape index (κ3) is 10.9. The molecule has 20 heavy (non-hydrogen) atoms. The van der Waals surface area contributed by atoms with Crippen LogP contribution >= 0.6 is 0 Å². The third-order valence-electron chi connectivity index (χ3n) is 2.54. The van der Waals surface area contributed by atoms with Gasteiger partial charge < -0.3 is 4.55 Å². The monoisotopic (exact) mass is 318 g/mol. The van der Waals surface area contributed by atoms with Gasteiger partial charge in [-0.3, -0.25) is 0 Å². The van der Waals surface area contributed by atoms with E-state index in [1.807, 2.05) is 0 Å².